The van der Waals surface area contributed by atoms with Crippen molar-refractivity contribution in [3.05, 3.63) is 35.1 Å². The molecule has 1 aromatic rings. The van der Waals surface area contributed by atoms with Crippen molar-refractivity contribution >= 4 is 5.91 Å². The fourth-order valence-electron chi connectivity index (χ4n) is 2.42. The Balaban J connectivity index is 2.13. The quantitative estimate of drug-likeness (QED) is 0.825. The highest BCUT2D eigenvalue weighted by Crippen LogP contribution is 2.30. The fourth-order valence-corrected chi connectivity index (χ4v) is 2.42. The maximum Gasteiger partial charge on any atom is 0.416 e. The molecule has 1 aromatic carbocycles. The van der Waals surface area contributed by atoms with Crippen molar-refractivity contribution in [3.8, 4) is 0 Å². The number of alkyl halides is 3. The normalized spacial score (nSPS) is 22.9. The molecule has 2 N–H and O–H groups in total. The summed E-state index contributed by atoms with van der Waals surface area (Å²) in [6.45, 7) is 2.69. The SMILES string of the molecule is CC1CC(NC(=O)c2cc(F)cc(C(F)(F)F)c2)CCN1. The zero-order chi connectivity index (χ0) is 15.6. The van der Waals surface area contributed by atoms with Gasteiger partial charge in [0.15, 0.2) is 0 Å². The molecule has 7 heteroatoms. The van der Waals surface area contributed by atoms with Crippen LogP contribution in [-0.2, 0) is 6.18 Å². The number of piperidine rings is 1. The summed E-state index contributed by atoms with van der Waals surface area (Å²) in [4.78, 5) is 12.0. The van der Waals surface area contributed by atoms with Crippen molar-refractivity contribution in [2.45, 2.75) is 38.0 Å². The second-order valence-corrected chi connectivity index (χ2v) is 5.28. The molecule has 0 aliphatic carbocycles. The van der Waals surface area contributed by atoms with E-state index in [1.54, 1.807) is 0 Å². The van der Waals surface area contributed by atoms with Crippen LogP contribution in [0.3, 0.4) is 0 Å². The molecule has 1 fully saturated rings. The van der Waals surface area contributed by atoms with E-state index in [0.717, 1.165) is 12.6 Å². The van der Waals surface area contributed by atoms with Crippen molar-refractivity contribution < 1.29 is 22.4 Å². The predicted molar refractivity (Wildman–Crippen MR) is 69.4 cm³/mol. The van der Waals surface area contributed by atoms with E-state index in [1.807, 2.05) is 6.92 Å². The standard InChI is InChI=1S/C14H16F4N2O/c1-8-4-12(2-3-19-8)20-13(21)9-5-10(14(16,17)18)7-11(15)6-9/h5-8,12,19H,2-4H2,1H3,(H,20,21). The number of hydrogen-bond acceptors (Lipinski definition) is 2. The minimum absolute atomic E-state index is 0.119. The highest BCUT2D eigenvalue weighted by Gasteiger charge is 2.32. The average molecular weight is 304 g/mol. The van der Waals surface area contributed by atoms with Crippen LogP contribution < -0.4 is 10.6 Å². The highest BCUT2D eigenvalue weighted by atomic mass is 19.4. The van der Waals surface area contributed by atoms with Gasteiger partial charge in [-0.2, -0.15) is 13.2 Å². The van der Waals surface area contributed by atoms with Crippen LogP contribution in [-0.4, -0.2) is 24.5 Å². The van der Waals surface area contributed by atoms with Crippen molar-refractivity contribution in [2.24, 2.45) is 0 Å². The lowest BCUT2D eigenvalue weighted by Crippen LogP contribution is -2.46. The molecule has 2 atom stereocenters. The van der Waals surface area contributed by atoms with Gasteiger partial charge in [-0.15, -0.1) is 0 Å². The van der Waals surface area contributed by atoms with Gasteiger partial charge in [-0.25, -0.2) is 4.39 Å². The summed E-state index contributed by atoms with van der Waals surface area (Å²) >= 11 is 0. The molecule has 1 amide bonds. The van der Waals surface area contributed by atoms with Crippen LogP contribution in [0.25, 0.3) is 0 Å². The molecule has 1 aliphatic rings. The van der Waals surface area contributed by atoms with E-state index in [2.05, 4.69) is 10.6 Å². The number of nitrogens with one attached hydrogen (secondary N) is 2. The van der Waals surface area contributed by atoms with Gasteiger partial charge >= 0.3 is 6.18 Å². The molecule has 1 aliphatic heterocycles. The number of carbonyl (C=O) groups is 1. The van der Waals surface area contributed by atoms with E-state index in [1.165, 1.54) is 0 Å². The van der Waals surface area contributed by atoms with E-state index < -0.39 is 23.5 Å². The number of carbonyl (C=O) groups excluding carboxylic acids is 1. The van der Waals surface area contributed by atoms with Crippen LogP contribution in [0.15, 0.2) is 18.2 Å². The first-order valence-electron chi connectivity index (χ1n) is 6.68. The Morgan fingerprint density at radius 1 is 1.33 bits per heavy atom. The lowest BCUT2D eigenvalue weighted by atomic mass is 10.00. The first-order valence-corrected chi connectivity index (χ1v) is 6.68. The molecule has 0 spiro atoms. The van der Waals surface area contributed by atoms with Gasteiger partial charge in [0.2, 0.25) is 0 Å². The van der Waals surface area contributed by atoms with Gasteiger partial charge in [-0.05, 0) is 44.5 Å². The molecule has 1 heterocycles. The lowest BCUT2D eigenvalue weighted by Gasteiger charge is -2.28. The second kappa shape index (κ2) is 6.01. The van der Waals surface area contributed by atoms with Crippen LogP contribution >= 0.6 is 0 Å². The van der Waals surface area contributed by atoms with E-state index in [4.69, 9.17) is 0 Å². The molecule has 21 heavy (non-hydrogen) atoms. The minimum atomic E-state index is -4.68. The Kier molecular flexibility index (Phi) is 4.51. The monoisotopic (exact) mass is 304 g/mol. The minimum Gasteiger partial charge on any atom is -0.349 e. The first kappa shape index (κ1) is 15.8. The molecule has 2 unspecified atom stereocenters. The highest BCUT2D eigenvalue weighted by molar-refractivity contribution is 5.94. The van der Waals surface area contributed by atoms with Crippen molar-refractivity contribution in [2.75, 3.05) is 6.54 Å². The van der Waals surface area contributed by atoms with Gasteiger partial charge in [-0.3, -0.25) is 4.79 Å². The molecule has 116 valence electrons. The topological polar surface area (TPSA) is 41.1 Å². The smallest absolute Gasteiger partial charge is 0.349 e. The number of amides is 1. The average Bonchev–Trinajstić information content (AvgIpc) is 2.37. The third-order valence-electron chi connectivity index (χ3n) is 3.45. The summed E-state index contributed by atoms with van der Waals surface area (Å²) in [5.41, 5.74) is -1.47. The van der Waals surface area contributed by atoms with Crippen LogP contribution in [0.5, 0.6) is 0 Å². The Bertz CT molecular complexity index is 530. The number of rotatable bonds is 2. The maximum absolute atomic E-state index is 13.3. The van der Waals surface area contributed by atoms with Crippen LogP contribution in [0.4, 0.5) is 17.6 Å². The predicted octanol–water partition coefficient (Wildman–Crippen LogP) is 2.71. The van der Waals surface area contributed by atoms with E-state index in [-0.39, 0.29) is 17.6 Å². The number of halogens is 4. The third-order valence-corrected chi connectivity index (χ3v) is 3.45. The summed E-state index contributed by atoms with van der Waals surface area (Å²) in [6.07, 6.45) is -3.30. The van der Waals surface area contributed by atoms with Gasteiger partial charge in [0.25, 0.3) is 5.91 Å². The first-order chi connectivity index (χ1) is 9.75. The zero-order valence-electron chi connectivity index (χ0n) is 11.4. The van der Waals surface area contributed by atoms with Crippen LogP contribution in [0, 0.1) is 5.82 Å². The molecule has 3 nitrogen and oxygen atoms in total. The largest absolute Gasteiger partial charge is 0.416 e. The third kappa shape index (κ3) is 4.17. The van der Waals surface area contributed by atoms with E-state index >= 15 is 0 Å². The van der Waals surface area contributed by atoms with Crippen molar-refractivity contribution in [3.63, 3.8) is 0 Å². The molecule has 2 rings (SSSR count). The van der Waals surface area contributed by atoms with Crippen molar-refractivity contribution in [1.82, 2.24) is 10.6 Å². The van der Waals surface area contributed by atoms with Crippen molar-refractivity contribution in [1.29, 1.82) is 0 Å². The Hall–Kier alpha value is -1.63. The van der Waals surface area contributed by atoms with Gasteiger partial charge in [0.1, 0.15) is 5.82 Å². The van der Waals surface area contributed by atoms with Crippen LogP contribution in [0.2, 0.25) is 0 Å². The van der Waals surface area contributed by atoms with Gasteiger partial charge in [0.05, 0.1) is 5.56 Å². The van der Waals surface area contributed by atoms with Crippen LogP contribution in [0.1, 0.15) is 35.7 Å². The molecule has 0 radical (unpaired) electrons. The molecule has 0 saturated carbocycles. The van der Waals surface area contributed by atoms with Gasteiger partial charge in [0, 0.05) is 17.6 Å². The number of benzene rings is 1. The molecular weight excluding hydrogens is 288 g/mol. The van der Waals surface area contributed by atoms with Gasteiger partial charge in [-0.1, -0.05) is 0 Å². The number of hydrogen-bond donors (Lipinski definition) is 2. The fraction of sp³-hybridized carbons (Fsp3) is 0.500. The Morgan fingerprint density at radius 2 is 2.05 bits per heavy atom. The second-order valence-electron chi connectivity index (χ2n) is 5.28. The van der Waals surface area contributed by atoms with E-state index in [9.17, 15) is 22.4 Å². The maximum atomic E-state index is 13.3. The Labute approximate surface area is 119 Å². The lowest BCUT2D eigenvalue weighted by molar-refractivity contribution is -0.137. The van der Waals surface area contributed by atoms with Gasteiger partial charge < -0.3 is 10.6 Å². The molecule has 0 aromatic heterocycles. The molecule has 1 saturated heterocycles. The zero-order valence-corrected chi connectivity index (χ0v) is 11.4. The summed E-state index contributed by atoms with van der Waals surface area (Å²) in [5, 5.41) is 5.86. The summed E-state index contributed by atoms with van der Waals surface area (Å²) in [7, 11) is 0. The summed E-state index contributed by atoms with van der Waals surface area (Å²) in [6, 6.07) is 1.97. The summed E-state index contributed by atoms with van der Waals surface area (Å²) in [5.74, 6) is -1.76. The Morgan fingerprint density at radius 3 is 2.67 bits per heavy atom. The molecular formula is C14H16F4N2O. The summed E-state index contributed by atoms with van der Waals surface area (Å²) < 4.78 is 51.1. The van der Waals surface area contributed by atoms with E-state index in [0.29, 0.717) is 25.0 Å². The molecule has 0 bridgehead atoms.